The largest absolute Gasteiger partial charge is 0.476 e. The molecular formula is C13H13FN2O3. The third-order valence-electron chi connectivity index (χ3n) is 2.73. The number of rotatable bonds is 5. The van der Waals surface area contributed by atoms with Gasteiger partial charge in [-0.3, -0.25) is 0 Å². The molecule has 0 saturated heterocycles. The summed E-state index contributed by atoms with van der Waals surface area (Å²) in [4.78, 5) is 10.6. The van der Waals surface area contributed by atoms with Crippen molar-refractivity contribution in [2.75, 3.05) is 0 Å². The van der Waals surface area contributed by atoms with Crippen LogP contribution in [-0.2, 0) is 6.54 Å². The number of aromatic nitrogens is 1. The average molecular weight is 264 g/mol. The van der Waals surface area contributed by atoms with Gasteiger partial charge in [-0.05, 0) is 24.6 Å². The Kier molecular flexibility index (Phi) is 3.91. The monoisotopic (exact) mass is 264 g/mol. The smallest absolute Gasteiger partial charge is 0.358 e. The van der Waals surface area contributed by atoms with Crippen LogP contribution in [0.2, 0.25) is 0 Å². The number of nitrogens with zero attached hydrogens (tertiary/aromatic N) is 1. The minimum absolute atomic E-state index is 0.0148. The second-order valence-electron chi connectivity index (χ2n) is 4.14. The molecule has 5 nitrogen and oxygen atoms in total. The van der Waals surface area contributed by atoms with E-state index in [1.807, 2.05) is 6.92 Å². The van der Waals surface area contributed by atoms with Gasteiger partial charge in [-0.25, -0.2) is 9.18 Å². The zero-order chi connectivity index (χ0) is 13.8. The Morgan fingerprint density at radius 3 is 2.74 bits per heavy atom. The zero-order valence-electron chi connectivity index (χ0n) is 10.3. The zero-order valence-corrected chi connectivity index (χ0v) is 10.3. The van der Waals surface area contributed by atoms with Crippen molar-refractivity contribution in [3.05, 3.63) is 53.2 Å². The highest BCUT2D eigenvalue weighted by atomic mass is 19.1. The lowest BCUT2D eigenvalue weighted by Crippen LogP contribution is -2.17. The van der Waals surface area contributed by atoms with Crippen LogP contribution in [0.4, 0.5) is 4.39 Å². The van der Waals surface area contributed by atoms with E-state index in [1.54, 1.807) is 12.1 Å². The lowest BCUT2D eigenvalue weighted by molar-refractivity contribution is 0.0685. The second-order valence-corrected chi connectivity index (χ2v) is 4.14. The predicted molar refractivity (Wildman–Crippen MR) is 65.1 cm³/mol. The van der Waals surface area contributed by atoms with E-state index < -0.39 is 5.97 Å². The number of aromatic carboxylic acids is 1. The highest BCUT2D eigenvalue weighted by molar-refractivity contribution is 5.85. The van der Waals surface area contributed by atoms with E-state index in [-0.39, 0.29) is 17.6 Å². The van der Waals surface area contributed by atoms with Gasteiger partial charge in [0.15, 0.2) is 11.5 Å². The van der Waals surface area contributed by atoms with Gasteiger partial charge in [0, 0.05) is 12.1 Å². The number of carbonyl (C=O) groups is 1. The molecule has 0 unspecified atom stereocenters. The summed E-state index contributed by atoms with van der Waals surface area (Å²) < 4.78 is 17.7. The fraction of sp³-hybridized carbons (Fsp3) is 0.231. The van der Waals surface area contributed by atoms with Crippen LogP contribution in [0.1, 0.15) is 34.8 Å². The summed E-state index contributed by atoms with van der Waals surface area (Å²) in [6.45, 7) is 2.26. The average Bonchev–Trinajstić information content (AvgIpc) is 2.86. The van der Waals surface area contributed by atoms with Crippen LogP contribution < -0.4 is 5.32 Å². The summed E-state index contributed by atoms with van der Waals surface area (Å²) in [7, 11) is 0. The van der Waals surface area contributed by atoms with Gasteiger partial charge in [0.25, 0.3) is 0 Å². The third-order valence-corrected chi connectivity index (χ3v) is 2.73. The maximum absolute atomic E-state index is 12.8. The van der Waals surface area contributed by atoms with Crippen LogP contribution in [0.3, 0.4) is 0 Å². The maximum atomic E-state index is 12.8. The van der Waals surface area contributed by atoms with Gasteiger partial charge in [0.1, 0.15) is 5.82 Å². The fourth-order valence-corrected chi connectivity index (χ4v) is 1.62. The Hall–Kier alpha value is -2.21. The van der Waals surface area contributed by atoms with Crippen molar-refractivity contribution < 1.29 is 18.8 Å². The predicted octanol–water partition coefficient (Wildman–Crippen LogP) is 2.36. The summed E-state index contributed by atoms with van der Waals surface area (Å²) in [6.07, 6.45) is 0. The summed E-state index contributed by atoms with van der Waals surface area (Å²) in [6, 6.07) is 7.52. The van der Waals surface area contributed by atoms with Crippen molar-refractivity contribution >= 4 is 5.97 Å². The number of nitrogens with one attached hydrogen (secondary N) is 1. The van der Waals surface area contributed by atoms with Crippen LogP contribution in [0, 0.1) is 5.82 Å². The number of hydrogen-bond donors (Lipinski definition) is 2. The van der Waals surface area contributed by atoms with Gasteiger partial charge < -0.3 is 14.9 Å². The molecule has 2 N–H and O–H groups in total. The van der Waals surface area contributed by atoms with Gasteiger partial charge >= 0.3 is 5.97 Å². The van der Waals surface area contributed by atoms with Crippen LogP contribution in [0.5, 0.6) is 0 Å². The van der Waals surface area contributed by atoms with E-state index in [0.717, 1.165) is 5.56 Å². The molecule has 1 aromatic heterocycles. The number of carboxylic acid groups (broad SMARTS) is 1. The normalized spacial score (nSPS) is 12.3. The van der Waals surface area contributed by atoms with Crippen LogP contribution in [0.25, 0.3) is 0 Å². The molecule has 0 spiro atoms. The van der Waals surface area contributed by atoms with Crippen molar-refractivity contribution in [2.24, 2.45) is 0 Å². The Morgan fingerprint density at radius 1 is 1.47 bits per heavy atom. The Morgan fingerprint density at radius 2 is 2.16 bits per heavy atom. The lowest BCUT2D eigenvalue weighted by Gasteiger charge is -2.12. The summed E-state index contributed by atoms with van der Waals surface area (Å²) in [5.41, 5.74) is 0.811. The third kappa shape index (κ3) is 3.38. The summed E-state index contributed by atoms with van der Waals surface area (Å²) in [5.74, 6) is -0.967. The molecule has 0 aliphatic heterocycles. The van der Waals surface area contributed by atoms with E-state index >= 15 is 0 Å². The minimum Gasteiger partial charge on any atom is -0.476 e. The quantitative estimate of drug-likeness (QED) is 0.867. The Labute approximate surface area is 109 Å². The van der Waals surface area contributed by atoms with Gasteiger partial charge in [-0.1, -0.05) is 17.3 Å². The van der Waals surface area contributed by atoms with Gasteiger partial charge in [-0.2, -0.15) is 0 Å². The number of halogens is 1. The number of hydrogen-bond acceptors (Lipinski definition) is 4. The highest BCUT2D eigenvalue weighted by Gasteiger charge is 2.11. The van der Waals surface area contributed by atoms with Gasteiger partial charge in [0.2, 0.25) is 0 Å². The first kappa shape index (κ1) is 13.2. The molecule has 0 amide bonds. The molecule has 0 aliphatic carbocycles. The molecule has 1 aromatic carbocycles. The molecule has 1 atom stereocenters. The molecule has 0 bridgehead atoms. The van der Waals surface area contributed by atoms with E-state index in [1.165, 1.54) is 18.2 Å². The molecule has 100 valence electrons. The van der Waals surface area contributed by atoms with Gasteiger partial charge in [-0.15, -0.1) is 0 Å². The standard InChI is InChI=1S/C13H13FN2O3/c1-8(9-2-4-10(14)5-3-9)15-7-11-6-12(13(17)18)16-19-11/h2-6,8,15H,7H2,1H3,(H,17,18)/t8-/m0/s1. The van der Waals surface area contributed by atoms with Crippen LogP contribution >= 0.6 is 0 Å². The van der Waals surface area contributed by atoms with Crippen molar-refractivity contribution in [1.29, 1.82) is 0 Å². The fourth-order valence-electron chi connectivity index (χ4n) is 1.62. The lowest BCUT2D eigenvalue weighted by atomic mass is 10.1. The first-order valence-electron chi connectivity index (χ1n) is 5.74. The highest BCUT2D eigenvalue weighted by Crippen LogP contribution is 2.14. The van der Waals surface area contributed by atoms with Crippen LogP contribution in [0.15, 0.2) is 34.9 Å². The molecular weight excluding hydrogens is 251 g/mol. The van der Waals surface area contributed by atoms with E-state index in [0.29, 0.717) is 12.3 Å². The molecule has 6 heteroatoms. The molecule has 1 heterocycles. The Bertz CT molecular complexity index is 566. The molecule has 0 fully saturated rings. The van der Waals surface area contributed by atoms with Crippen molar-refractivity contribution in [2.45, 2.75) is 19.5 Å². The van der Waals surface area contributed by atoms with Crippen molar-refractivity contribution in [3.63, 3.8) is 0 Å². The number of carboxylic acids is 1. The second kappa shape index (κ2) is 5.62. The van der Waals surface area contributed by atoms with Crippen molar-refractivity contribution in [1.82, 2.24) is 10.5 Å². The van der Waals surface area contributed by atoms with Crippen LogP contribution in [-0.4, -0.2) is 16.2 Å². The maximum Gasteiger partial charge on any atom is 0.358 e. The Balaban J connectivity index is 1.94. The molecule has 0 radical (unpaired) electrons. The minimum atomic E-state index is -1.12. The molecule has 0 saturated carbocycles. The SMILES string of the molecule is C[C@H](NCc1cc(C(=O)O)no1)c1ccc(F)cc1. The molecule has 19 heavy (non-hydrogen) atoms. The first-order valence-corrected chi connectivity index (χ1v) is 5.74. The van der Waals surface area contributed by atoms with Crippen molar-refractivity contribution in [3.8, 4) is 0 Å². The molecule has 0 aliphatic rings. The summed E-state index contributed by atoms with van der Waals surface area (Å²) in [5, 5.41) is 15.3. The van der Waals surface area contributed by atoms with Gasteiger partial charge in [0.05, 0.1) is 6.54 Å². The number of benzene rings is 1. The molecule has 2 rings (SSSR count). The van der Waals surface area contributed by atoms with E-state index in [2.05, 4.69) is 10.5 Å². The van der Waals surface area contributed by atoms with E-state index in [4.69, 9.17) is 9.63 Å². The topological polar surface area (TPSA) is 75.4 Å². The van der Waals surface area contributed by atoms with E-state index in [9.17, 15) is 9.18 Å². The first-order chi connectivity index (χ1) is 9.06. The summed E-state index contributed by atoms with van der Waals surface area (Å²) >= 11 is 0. The molecule has 2 aromatic rings.